The van der Waals surface area contributed by atoms with E-state index >= 15 is 0 Å². The molecule has 2 aromatic rings. The average Bonchev–Trinajstić information content (AvgIpc) is 2.47. The van der Waals surface area contributed by atoms with Gasteiger partial charge in [0, 0.05) is 18.9 Å². The molecule has 0 aliphatic heterocycles. The van der Waals surface area contributed by atoms with Gasteiger partial charge in [-0.25, -0.2) is 0 Å². The van der Waals surface area contributed by atoms with E-state index in [1.54, 1.807) is 12.4 Å². The zero-order valence-electron chi connectivity index (χ0n) is 10.5. The first kappa shape index (κ1) is 12.7. The lowest BCUT2D eigenvalue weighted by atomic mass is 9.93. The molecule has 0 spiro atoms. The largest absolute Gasteiger partial charge is 0.394 e. The smallest absolute Gasteiger partial charge is 0.0652 e. The Kier molecular flexibility index (Phi) is 4.07. The summed E-state index contributed by atoms with van der Waals surface area (Å²) < 4.78 is 0. The van der Waals surface area contributed by atoms with Gasteiger partial charge in [-0.2, -0.15) is 0 Å². The molecule has 0 saturated heterocycles. The Hall–Kier alpha value is -1.71. The van der Waals surface area contributed by atoms with Crippen LogP contribution in [0.15, 0.2) is 54.9 Å². The van der Waals surface area contributed by atoms with Gasteiger partial charge in [0.1, 0.15) is 0 Å². The first-order valence-corrected chi connectivity index (χ1v) is 6.05. The highest BCUT2D eigenvalue weighted by atomic mass is 16.3. The number of aliphatic hydroxyl groups excluding tert-OH is 1. The van der Waals surface area contributed by atoms with E-state index in [2.05, 4.69) is 22.4 Å². The Morgan fingerprint density at radius 2 is 1.78 bits per heavy atom. The van der Waals surface area contributed by atoms with Gasteiger partial charge in [0.15, 0.2) is 0 Å². The van der Waals surface area contributed by atoms with Crippen molar-refractivity contribution in [3.05, 3.63) is 66.0 Å². The van der Waals surface area contributed by atoms with Gasteiger partial charge in [-0.15, -0.1) is 0 Å². The first-order valence-electron chi connectivity index (χ1n) is 6.05. The number of nitrogens with zero attached hydrogens (tertiary/aromatic N) is 1. The fraction of sp³-hybridized carbons (Fsp3) is 0.267. The van der Waals surface area contributed by atoms with Gasteiger partial charge in [-0.3, -0.25) is 4.98 Å². The molecule has 1 unspecified atom stereocenters. The summed E-state index contributed by atoms with van der Waals surface area (Å²) in [7, 11) is 0. The summed E-state index contributed by atoms with van der Waals surface area (Å²) in [5, 5.41) is 13.0. The van der Waals surface area contributed by atoms with Crippen molar-refractivity contribution in [1.29, 1.82) is 0 Å². The Morgan fingerprint density at radius 3 is 2.39 bits per heavy atom. The van der Waals surface area contributed by atoms with Gasteiger partial charge >= 0.3 is 0 Å². The quantitative estimate of drug-likeness (QED) is 0.843. The molecule has 1 heterocycles. The van der Waals surface area contributed by atoms with Crippen LogP contribution in [-0.2, 0) is 12.1 Å². The zero-order valence-corrected chi connectivity index (χ0v) is 10.5. The van der Waals surface area contributed by atoms with Crippen molar-refractivity contribution in [2.45, 2.75) is 19.0 Å². The number of hydrogen-bond donors (Lipinski definition) is 2. The minimum absolute atomic E-state index is 0.0455. The molecule has 0 radical (unpaired) electrons. The number of pyridine rings is 1. The monoisotopic (exact) mass is 242 g/mol. The Labute approximate surface area is 108 Å². The molecule has 3 nitrogen and oxygen atoms in total. The molecule has 1 aromatic heterocycles. The van der Waals surface area contributed by atoms with Crippen LogP contribution in [0.1, 0.15) is 18.1 Å². The highest BCUT2D eigenvalue weighted by Gasteiger charge is 2.24. The topological polar surface area (TPSA) is 45.1 Å². The Bertz CT molecular complexity index is 472. The maximum absolute atomic E-state index is 9.63. The van der Waals surface area contributed by atoms with E-state index in [1.807, 2.05) is 37.3 Å². The van der Waals surface area contributed by atoms with Gasteiger partial charge in [0.2, 0.25) is 0 Å². The fourth-order valence-corrected chi connectivity index (χ4v) is 1.86. The highest BCUT2D eigenvalue weighted by Crippen LogP contribution is 2.19. The maximum Gasteiger partial charge on any atom is 0.0652 e. The van der Waals surface area contributed by atoms with Crippen LogP contribution in [0.2, 0.25) is 0 Å². The molecule has 2 rings (SSSR count). The van der Waals surface area contributed by atoms with E-state index in [0.29, 0.717) is 0 Å². The number of rotatable bonds is 5. The molecule has 0 saturated carbocycles. The molecule has 0 aliphatic carbocycles. The van der Waals surface area contributed by atoms with Gasteiger partial charge in [-0.05, 0) is 30.2 Å². The second-order valence-electron chi connectivity index (χ2n) is 4.57. The third-order valence-corrected chi connectivity index (χ3v) is 3.16. The fourth-order valence-electron chi connectivity index (χ4n) is 1.86. The summed E-state index contributed by atoms with van der Waals surface area (Å²) in [5.41, 5.74) is 1.79. The average molecular weight is 242 g/mol. The van der Waals surface area contributed by atoms with Crippen molar-refractivity contribution in [2.24, 2.45) is 0 Å². The summed E-state index contributed by atoms with van der Waals surface area (Å²) in [6.07, 6.45) is 3.49. The van der Waals surface area contributed by atoms with Crippen molar-refractivity contribution < 1.29 is 5.11 Å². The van der Waals surface area contributed by atoms with Crippen molar-refractivity contribution in [1.82, 2.24) is 10.3 Å². The molecule has 18 heavy (non-hydrogen) atoms. The molecule has 0 fully saturated rings. The number of nitrogens with one attached hydrogen (secondary N) is 1. The lowest BCUT2D eigenvalue weighted by Crippen LogP contribution is -2.42. The van der Waals surface area contributed by atoms with Gasteiger partial charge in [0.25, 0.3) is 0 Å². The molecule has 0 bridgehead atoms. The third kappa shape index (κ3) is 2.94. The molecule has 0 aliphatic rings. The van der Waals surface area contributed by atoms with E-state index in [0.717, 1.165) is 12.1 Å². The van der Waals surface area contributed by atoms with E-state index in [-0.39, 0.29) is 6.61 Å². The lowest BCUT2D eigenvalue weighted by molar-refractivity contribution is 0.173. The molecule has 1 aromatic carbocycles. The van der Waals surface area contributed by atoms with Crippen LogP contribution in [0.4, 0.5) is 0 Å². The van der Waals surface area contributed by atoms with Crippen LogP contribution >= 0.6 is 0 Å². The van der Waals surface area contributed by atoms with Crippen molar-refractivity contribution in [3.8, 4) is 0 Å². The van der Waals surface area contributed by atoms with Crippen LogP contribution < -0.4 is 5.32 Å². The summed E-state index contributed by atoms with van der Waals surface area (Å²) in [6.45, 7) is 2.76. The van der Waals surface area contributed by atoms with Crippen LogP contribution in [0.25, 0.3) is 0 Å². The maximum atomic E-state index is 9.63. The number of benzene rings is 1. The Morgan fingerprint density at radius 1 is 1.11 bits per heavy atom. The predicted octanol–water partition coefficient (Wildman–Crippen LogP) is 2.08. The molecule has 1 atom stereocenters. The van der Waals surface area contributed by atoms with Gasteiger partial charge < -0.3 is 10.4 Å². The van der Waals surface area contributed by atoms with Gasteiger partial charge in [0.05, 0.1) is 12.1 Å². The minimum atomic E-state index is -0.446. The summed E-state index contributed by atoms with van der Waals surface area (Å²) in [4.78, 5) is 4.00. The Balaban J connectivity index is 2.10. The lowest BCUT2D eigenvalue weighted by Gasteiger charge is -2.29. The van der Waals surface area contributed by atoms with Crippen LogP contribution in [0.3, 0.4) is 0 Å². The van der Waals surface area contributed by atoms with Crippen LogP contribution in [0, 0.1) is 0 Å². The van der Waals surface area contributed by atoms with Crippen molar-refractivity contribution in [3.63, 3.8) is 0 Å². The van der Waals surface area contributed by atoms with Crippen LogP contribution in [-0.4, -0.2) is 16.7 Å². The predicted molar refractivity (Wildman–Crippen MR) is 72.0 cm³/mol. The summed E-state index contributed by atoms with van der Waals surface area (Å²) in [5.74, 6) is 0. The van der Waals surface area contributed by atoms with E-state index < -0.39 is 5.54 Å². The molecule has 0 amide bonds. The SMILES string of the molecule is CC(CO)(NCc1ccccc1)c1ccncc1. The van der Waals surface area contributed by atoms with E-state index in [4.69, 9.17) is 0 Å². The number of aliphatic hydroxyl groups is 1. The molecular weight excluding hydrogens is 224 g/mol. The second kappa shape index (κ2) is 5.76. The second-order valence-corrected chi connectivity index (χ2v) is 4.57. The molecule has 3 heteroatoms. The summed E-state index contributed by atoms with van der Waals surface area (Å²) >= 11 is 0. The normalized spacial score (nSPS) is 14.1. The summed E-state index contributed by atoms with van der Waals surface area (Å²) in [6, 6.07) is 14.0. The standard InChI is InChI=1S/C15H18N2O/c1-15(12-18,14-7-9-16-10-8-14)17-11-13-5-3-2-4-6-13/h2-10,17-18H,11-12H2,1H3. The zero-order chi connectivity index (χ0) is 12.8. The first-order chi connectivity index (χ1) is 8.74. The number of hydrogen-bond acceptors (Lipinski definition) is 3. The minimum Gasteiger partial charge on any atom is -0.394 e. The van der Waals surface area contributed by atoms with Crippen molar-refractivity contribution >= 4 is 0 Å². The van der Waals surface area contributed by atoms with Crippen molar-refractivity contribution in [2.75, 3.05) is 6.61 Å². The van der Waals surface area contributed by atoms with E-state index in [9.17, 15) is 5.11 Å². The highest BCUT2D eigenvalue weighted by molar-refractivity contribution is 5.22. The van der Waals surface area contributed by atoms with Crippen LogP contribution in [0.5, 0.6) is 0 Å². The molecular formula is C15H18N2O. The number of aromatic nitrogens is 1. The van der Waals surface area contributed by atoms with Gasteiger partial charge in [-0.1, -0.05) is 30.3 Å². The third-order valence-electron chi connectivity index (χ3n) is 3.16. The molecule has 94 valence electrons. The van der Waals surface area contributed by atoms with E-state index in [1.165, 1.54) is 5.56 Å². The molecule has 2 N–H and O–H groups in total.